The summed E-state index contributed by atoms with van der Waals surface area (Å²) in [7, 11) is 0. The summed E-state index contributed by atoms with van der Waals surface area (Å²) in [6, 6.07) is 4.37. The molecule has 0 fully saturated rings. The first-order valence-electron chi connectivity index (χ1n) is 7.27. The highest BCUT2D eigenvalue weighted by Gasteiger charge is 2.12. The van der Waals surface area contributed by atoms with E-state index in [0.717, 1.165) is 22.5 Å². The molecule has 2 aromatic rings. The summed E-state index contributed by atoms with van der Waals surface area (Å²) in [5, 5.41) is 14.1. The molecule has 0 unspecified atom stereocenters. The van der Waals surface area contributed by atoms with Crippen LogP contribution in [0.3, 0.4) is 0 Å². The van der Waals surface area contributed by atoms with Crippen molar-refractivity contribution >= 4 is 29.0 Å². The van der Waals surface area contributed by atoms with Gasteiger partial charge < -0.3 is 5.32 Å². The predicted octanol–water partition coefficient (Wildman–Crippen LogP) is 3.35. The summed E-state index contributed by atoms with van der Waals surface area (Å²) in [5.41, 5.74) is 3.96. The Morgan fingerprint density at radius 2 is 1.83 bits per heavy atom. The minimum Gasteiger partial charge on any atom is -0.325 e. The quantitative estimate of drug-likeness (QED) is 0.386. The number of benzene rings is 1. The van der Waals surface area contributed by atoms with E-state index in [1.165, 1.54) is 23.9 Å². The largest absolute Gasteiger partial charge is 0.325 e. The van der Waals surface area contributed by atoms with Gasteiger partial charge in [0.05, 0.1) is 16.4 Å². The summed E-state index contributed by atoms with van der Waals surface area (Å²) in [6.07, 6.45) is 0. The van der Waals surface area contributed by atoms with E-state index in [2.05, 4.69) is 15.3 Å². The number of nitrogens with zero attached hydrogens (tertiary/aromatic N) is 3. The predicted molar refractivity (Wildman–Crippen MR) is 93.4 cm³/mol. The van der Waals surface area contributed by atoms with Gasteiger partial charge in [0.2, 0.25) is 5.91 Å². The number of amides is 1. The van der Waals surface area contributed by atoms with Crippen molar-refractivity contribution < 1.29 is 9.72 Å². The van der Waals surface area contributed by atoms with Gasteiger partial charge in [-0.2, -0.15) is 0 Å². The molecule has 0 aliphatic heterocycles. The van der Waals surface area contributed by atoms with Crippen LogP contribution in [0.1, 0.15) is 22.5 Å². The molecule has 0 aliphatic rings. The summed E-state index contributed by atoms with van der Waals surface area (Å²) in [5.74, 6) is -0.132. The lowest BCUT2D eigenvalue weighted by Gasteiger charge is -2.09. The van der Waals surface area contributed by atoms with Crippen molar-refractivity contribution in [2.24, 2.45) is 0 Å². The smallest absolute Gasteiger partial charge is 0.271 e. The number of anilines is 1. The van der Waals surface area contributed by atoms with Crippen LogP contribution in [0.5, 0.6) is 0 Å². The van der Waals surface area contributed by atoms with E-state index in [-0.39, 0.29) is 17.3 Å². The number of rotatable bonds is 5. The molecule has 0 saturated carbocycles. The first-order valence-corrected chi connectivity index (χ1v) is 8.26. The molecule has 7 nitrogen and oxygen atoms in total. The van der Waals surface area contributed by atoms with Crippen LogP contribution in [0.4, 0.5) is 11.4 Å². The number of hydrogen-bond acceptors (Lipinski definition) is 6. The van der Waals surface area contributed by atoms with Crippen molar-refractivity contribution in [1.82, 2.24) is 9.97 Å². The first kappa shape index (κ1) is 17.9. The van der Waals surface area contributed by atoms with Crippen LogP contribution in [0.2, 0.25) is 0 Å². The number of nitro groups is 1. The molecule has 0 radical (unpaired) electrons. The van der Waals surface area contributed by atoms with E-state index in [1.54, 1.807) is 13.0 Å². The number of thioether (sulfide) groups is 1. The van der Waals surface area contributed by atoms with Crippen molar-refractivity contribution in [3.8, 4) is 0 Å². The van der Waals surface area contributed by atoms with Gasteiger partial charge in [0.1, 0.15) is 0 Å². The number of carbonyl (C=O) groups is 1. The van der Waals surface area contributed by atoms with E-state index in [4.69, 9.17) is 0 Å². The van der Waals surface area contributed by atoms with Gasteiger partial charge in [-0.15, -0.1) is 0 Å². The van der Waals surface area contributed by atoms with Gasteiger partial charge in [0.25, 0.3) is 5.69 Å². The second-order valence-corrected chi connectivity index (χ2v) is 6.34. The lowest BCUT2D eigenvalue weighted by atomic mass is 10.2. The molecule has 0 aliphatic carbocycles. The Kier molecular flexibility index (Phi) is 5.50. The molecule has 1 aromatic carbocycles. The van der Waals surface area contributed by atoms with Crippen LogP contribution in [0, 0.1) is 37.8 Å². The zero-order chi connectivity index (χ0) is 17.9. The molecule has 8 heteroatoms. The van der Waals surface area contributed by atoms with E-state index < -0.39 is 4.92 Å². The third-order valence-electron chi connectivity index (χ3n) is 3.65. The number of hydrogen-bond donors (Lipinski definition) is 1. The molecule has 2 rings (SSSR count). The Morgan fingerprint density at radius 3 is 2.42 bits per heavy atom. The zero-order valence-electron chi connectivity index (χ0n) is 13.9. The Hall–Kier alpha value is -2.48. The monoisotopic (exact) mass is 346 g/mol. The van der Waals surface area contributed by atoms with Gasteiger partial charge in [-0.05, 0) is 38.8 Å². The highest BCUT2D eigenvalue weighted by atomic mass is 32.2. The zero-order valence-corrected chi connectivity index (χ0v) is 14.7. The minimum atomic E-state index is -0.491. The van der Waals surface area contributed by atoms with E-state index in [9.17, 15) is 14.9 Å². The minimum absolute atomic E-state index is 0.0586. The molecule has 0 atom stereocenters. The van der Waals surface area contributed by atoms with Crippen molar-refractivity contribution in [3.63, 3.8) is 0 Å². The van der Waals surface area contributed by atoms with Gasteiger partial charge >= 0.3 is 0 Å². The van der Waals surface area contributed by atoms with Gasteiger partial charge in [0, 0.05) is 23.5 Å². The fourth-order valence-corrected chi connectivity index (χ4v) is 2.72. The molecule has 0 spiro atoms. The number of aryl methyl sites for hydroxylation is 3. The number of nitro benzene ring substituents is 1. The Morgan fingerprint density at radius 1 is 1.21 bits per heavy atom. The highest BCUT2D eigenvalue weighted by Crippen LogP contribution is 2.23. The molecule has 1 amide bonds. The first-order chi connectivity index (χ1) is 11.3. The third kappa shape index (κ3) is 4.29. The molecule has 1 aromatic heterocycles. The Balaban J connectivity index is 2.04. The van der Waals surface area contributed by atoms with Crippen LogP contribution < -0.4 is 5.32 Å². The number of carbonyl (C=O) groups excluding carboxylic acids is 1. The SMILES string of the molecule is Cc1ccc([N+](=O)[O-])cc1NC(=O)CSc1nc(C)c(C)c(C)n1. The van der Waals surface area contributed by atoms with Crippen LogP contribution in [-0.4, -0.2) is 26.6 Å². The Bertz CT molecular complexity index is 785. The van der Waals surface area contributed by atoms with Gasteiger partial charge in [-0.25, -0.2) is 9.97 Å². The van der Waals surface area contributed by atoms with E-state index in [1.807, 2.05) is 20.8 Å². The molecule has 0 bridgehead atoms. The van der Waals surface area contributed by atoms with Crippen molar-refractivity contribution in [1.29, 1.82) is 0 Å². The lowest BCUT2D eigenvalue weighted by Crippen LogP contribution is -2.15. The number of non-ortho nitro benzene ring substituents is 1. The average molecular weight is 346 g/mol. The van der Waals surface area contributed by atoms with Crippen molar-refractivity contribution in [2.75, 3.05) is 11.1 Å². The molecule has 24 heavy (non-hydrogen) atoms. The second kappa shape index (κ2) is 7.39. The lowest BCUT2D eigenvalue weighted by molar-refractivity contribution is -0.384. The molecular formula is C16H18N4O3S. The highest BCUT2D eigenvalue weighted by molar-refractivity contribution is 7.99. The second-order valence-electron chi connectivity index (χ2n) is 5.40. The third-order valence-corrected chi connectivity index (χ3v) is 4.50. The maximum atomic E-state index is 12.1. The molecular weight excluding hydrogens is 328 g/mol. The number of aromatic nitrogens is 2. The van der Waals surface area contributed by atoms with Crippen LogP contribution in [0.15, 0.2) is 23.4 Å². The molecule has 1 N–H and O–H groups in total. The maximum Gasteiger partial charge on any atom is 0.271 e. The fourth-order valence-electron chi connectivity index (χ4n) is 1.98. The van der Waals surface area contributed by atoms with E-state index >= 15 is 0 Å². The van der Waals surface area contributed by atoms with Crippen LogP contribution in [-0.2, 0) is 4.79 Å². The van der Waals surface area contributed by atoms with Gasteiger partial charge in [0.15, 0.2) is 5.16 Å². The average Bonchev–Trinajstić information content (AvgIpc) is 2.52. The summed E-state index contributed by atoms with van der Waals surface area (Å²) < 4.78 is 0. The normalized spacial score (nSPS) is 10.5. The molecule has 1 heterocycles. The van der Waals surface area contributed by atoms with Gasteiger partial charge in [-0.3, -0.25) is 14.9 Å². The molecule has 126 valence electrons. The summed E-state index contributed by atoms with van der Waals surface area (Å²) in [6.45, 7) is 7.54. The van der Waals surface area contributed by atoms with Crippen LogP contribution in [0.25, 0.3) is 0 Å². The van der Waals surface area contributed by atoms with Crippen molar-refractivity contribution in [3.05, 3.63) is 50.8 Å². The summed E-state index contributed by atoms with van der Waals surface area (Å²) in [4.78, 5) is 31.1. The van der Waals surface area contributed by atoms with Crippen LogP contribution >= 0.6 is 11.8 Å². The Labute approximate surface area is 144 Å². The molecule has 0 saturated heterocycles. The van der Waals surface area contributed by atoms with Gasteiger partial charge in [-0.1, -0.05) is 17.8 Å². The fraction of sp³-hybridized carbons (Fsp3) is 0.312. The standard InChI is InChI=1S/C16H18N4O3S/c1-9-5-6-13(20(22)23)7-14(9)19-15(21)8-24-16-17-11(3)10(2)12(4)18-16/h5-7H,8H2,1-4H3,(H,19,21). The van der Waals surface area contributed by atoms with E-state index in [0.29, 0.717) is 10.8 Å². The number of nitrogens with one attached hydrogen (secondary N) is 1. The topological polar surface area (TPSA) is 98.0 Å². The summed E-state index contributed by atoms with van der Waals surface area (Å²) >= 11 is 1.23. The maximum absolute atomic E-state index is 12.1. The van der Waals surface area contributed by atoms with Crippen molar-refractivity contribution in [2.45, 2.75) is 32.9 Å².